The van der Waals surface area contributed by atoms with Crippen molar-refractivity contribution in [1.29, 1.82) is 0 Å². The third kappa shape index (κ3) is 3.31. The first-order valence-corrected chi connectivity index (χ1v) is 6.84. The van der Waals surface area contributed by atoms with E-state index in [4.69, 9.17) is 0 Å². The predicted octanol–water partition coefficient (Wildman–Crippen LogP) is 0.828. The Labute approximate surface area is 110 Å². The summed E-state index contributed by atoms with van der Waals surface area (Å²) in [4.78, 5) is 12.7. The molecule has 102 valence electrons. The van der Waals surface area contributed by atoms with Crippen molar-refractivity contribution in [2.24, 2.45) is 0 Å². The summed E-state index contributed by atoms with van der Waals surface area (Å²) in [5.41, 5.74) is 1.18. The van der Waals surface area contributed by atoms with E-state index in [1.165, 1.54) is 5.69 Å². The lowest BCUT2D eigenvalue weighted by Gasteiger charge is -2.36. The van der Waals surface area contributed by atoms with Crippen LogP contribution in [0.1, 0.15) is 30.9 Å². The van der Waals surface area contributed by atoms with E-state index in [1.54, 1.807) is 0 Å². The number of rotatable bonds is 5. The molecule has 1 unspecified atom stereocenters. The van der Waals surface area contributed by atoms with E-state index in [0.29, 0.717) is 6.04 Å². The molecule has 1 saturated heterocycles. The van der Waals surface area contributed by atoms with Gasteiger partial charge in [0, 0.05) is 38.1 Å². The van der Waals surface area contributed by atoms with Crippen LogP contribution >= 0.6 is 0 Å². The van der Waals surface area contributed by atoms with E-state index in [9.17, 15) is 0 Å². The minimum Gasteiger partial charge on any atom is -0.343 e. The van der Waals surface area contributed by atoms with Gasteiger partial charge in [-0.05, 0) is 27.1 Å². The Morgan fingerprint density at radius 3 is 3.06 bits per heavy atom. The zero-order valence-electron chi connectivity index (χ0n) is 11.7. The van der Waals surface area contributed by atoms with Crippen molar-refractivity contribution >= 4 is 0 Å². The number of imidazole rings is 1. The fourth-order valence-electron chi connectivity index (χ4n) is 2.34. The van der Waals surface area contributed by atoms with Crippen LogP contribution < -0.4 is 5.32 Å². The maximum atomic E-state index is 4.54. The van der Waals surface area contributed by atoms with Gasteiger partial charge in [0.1, 0.15) is 5.82 Å². The Morgan fingerprint density at radius 2 is 2.28 bits per heavy atom. The molecule has 0 bridgehead atoms. The van der Waals surface area contributed by atoms with Gasteiger partial charge in [-0.15, -0.1) is 0 Å². The Kier molecular flexibility index (Phi) is 4.74. The molecular weight excluding hydrogens is 226 g/mol. The lowest BCUT2D eigenvalue weighted by molar-refractivity contribution is 0.110. The number of aromatic nitrogens is 2. The van der Waals surface area contributed by atoms with E-state index in [-0.39, 0.29) is 0 Å². The van der Waals surface area contributed by atoms with E-state index < -0.39 is 0 Å². The molecule has 0 amide bonds. The molecule has 0 aromatic carbocycles. The Hall–Kier alpha value is -0.910. The van der Waals surface area contributed by atoms with Crippen molar-refractivity contribution in [3.8, 4) is 0 Å². The summed E-state index contributed by atoms with van der Waals surface area (Å²) in [7, 11) is 4.35. The van der Waals surface area contributed by atoms with Gasteiger partial charge in [-0.2, -0.15) is 0 Å². The number of aromatic amines is 1. The standard InChI is InChI=1S/C13H25N5/c1-4-5-14-8-11-9-15-13(16-11)12-10-17(2)6-7-18(12)3/h9,12,14H,4-8,10H2,1-3H3,(H,15,16). The van der Waals surface area contributed by atoms with Crippen molar-refractivity contribution in [1.82, 2.24) is 25.1 Å². The van der Waals surface area contributed by atoms with E-state index in [1.807, 2.05) is 6.20 Å². The number of nitrogens with zero attached hydrogens (tertiary/aromatic N) is 3. The Balaban J connectivity index is 1.95. The number of likely N-dealkylation sites (N-methyl/N-ethyl adjacent to an activating group) is 2. The second-order valence-corrected chi connectivity index (χ2v) is 5.23. The molecular formula is C13H25N5. The van der Waals surface area contributed by atoms with Crippen LogP contribution in [0.15, 0.2) is 6.20 Å². The van der Waals surface area contributed by atoms with Gasteiger partial charge in [-0.1, -0.05) is 6.92 Å². The number of piperazine rings is 1. The van der Waals surface area contributed by atoms with Crippen molar-refractivity contribution in [2.45, 2.75) is 25.9 Å². The van der Waals surface area contributed by atoms with Crippen LogP contribution in [0.4, 0.5) is 0 Å². The third-order valence-corrected chi connectivity index (χ3v) is 3.56. The van der Waals surface area contributed by atoms with Crippen LogP contribution in [-0.2, 0) is 6.54 Å². The van der Waals surface area contributed by atoms with Crippen LogP contribution in [0.25, 0.3) is 0 Å². The molecule has 2 heterocycles. The van der Waals surface area contributed by atoms with Crippen molar-refractivity contribution in [3.63, 3.8) is 0 Å². The topological polar surface area (TPSA) is 47.2 Å². The first kappa shape index (κ1) is 13.5. The summed E-state index contributed by atoms with van der Waals surface area (Å²) in [5, 5.41) is 3.39. The second kappa shape index (κ2) is 6.31. The van der Waals surface area contributed by atoms with Crippen LogP contribution in [-0.4, -0.2) is 60.0 Å². The molecule has 2 rings (SSSR count). The lowest BCUT2D eigenvalue weighted by Crippen LogP contribution is -2.45. The molecule has 0 spiro atoms. The normalized spacial score (nSPS) is 22.5. The molecule has 18 heavy (non-hydrogen) atoms. The summed E-state index contributed by atoms with van der Waals surface area (Å²) in [6.45, 7) is 7.40. The van der Waals surface area contributed by atoms with Gasteiger partial charge in [-0.3, -0.25) is 4.90 Å². The highest BCUT2D eigenvalue weighted by Crippen LogP contribution is 2.20. The second-order valence-electron chi connectivity index (χ2n) is 5.23. The van der Waals surface area contributed by atoms with Crippen molar-refractivity contribution in [2.75, 3.05) is 40.3 Å². The number of hydrogen-bond acceptors (Lipinski definition) is 4. The SMILES string of the molecule is CCCNCc1cnc(C2CN(C)CCN2C)[nH]1. The van der Waals surface area contributed by atoms with Crippen molar-refractivity contribution in [3.05, 3.63) is 17.7 Å². The van der Waals surface area contributed by atoms with Gasteiger partial charge in [-0.25, -0.2) is 4.98 Å². The zero-order chi connectivity index (χ0) is 13.0. The highest BCUT2D eigenvalue weighted by atomic mass is 15.3. The van der Waals surface area contributed by atoms with Gasteiger partial charge in [0.05, 0.1) is 6.04 Å². The summed E-state index contributed by atoms with van der Waals surface area (Å²) < 4.78 is 0. The summed E-state index contributed by atoms with van der Waals surface area (Å²) in [5.74, 6) is 1.09. The summed E-state index contributed by atoms with van der Waals surface area (Å²) >= 11 is 0. The highest BCUT2D eigenvalue weighted by Gasteiger charge is 2.25. The molecule has 0 aliphatic carbocycles. The predicted molar refractivity (Wildman–Crippen MR) is 73.5 cm³/mol. The number of nitrogens with one attached hydrogen (secondary N) is 2. The van der Waals surface area contributed by atoms with Gasteiger partial charge in [0.25, 0.3) is 0 Å². The smallest absolute Gasteiger partial charge is 0.125 e. The van der Waals surface area contributed by atoms with Crippen LogP contribution in [0.2, 0.25) is 0 Å². The molecule has 0 radical (unpaired) electrons. The van der Waals surface area contributed by atoms with Gasteiger partial charge in [0.15, 0.2) is 0 Å². The van der Waals surface area contributed by atoms with E-state index in [0.717, 1.165) is 45.0 Å². The summed E-state index contributed by atoms with van der Waals surface area (Å²) in [6, 6.07) is 0.392. The number of hydrogen-bond donors (Lipinski definition) is 2. The van der Waals surface area contributed by atoms with Crippen LogP contribution in [0, 0.1) is 0 Å². The van der Waals surface area contributed by atoms with Gasteiger partial charge in [0.2, 0.25) is 0 Å². The molecule has 5 nitrogen and oxygen atoms in total. The molecule has 1 fully saturated rings. The van der Waals surface area contributed by atoms with Crippen LogP contribution in [0.5, 0.6) is 0 Å². The van der Waals surface area contributed by atoms with Gasteiger partial charge >= 0.3 is 0 Å². The average molecular weight is 251 g/mol. The largest absolute Gasteiger partial charge is 0.343 e. The quantitative estimate of drug-likeness (QED) is 0.761. The maximum Gasteiger partial charge on any atom is 0.125 e. The molecule has 1 aromatic heterocycles. The first-order valence-electron chi connectivity index (χ1n) is 6.84. The fraction of sp³-hybridized carbons (Fsp3) is 0.769. The van der Waals surface area contributed by atoms with E-state index >= 15 is 0 Å². The lowest BCUT2D eigenvalue weighted by atomic mass is 10.2. The average Bonchev–Trinajstić information content (AvgIpc) is 2.81. The van der Waals surface area contributed by atoms with Gasteiger partial charge < -0.3 is 15.2 Å². The molecule has 1 aromatic rings. The highest BCUT2D eigenvalue weighted by molar-refractivity contribution is 5.06. The minimum atomic E-state index is 0.392. The molecule has 0 saturated carbocycles. The molecule has 1 atom stereocenters. The fourth-order valence-corrected chi connectivity index (χ4v) is 2.34. The zero-order valence-corrected chi connectivity index (χ0v) is 11.7. The Bertz CT molecular complexity index is 362. The minimum absolute atomic E-state index is 0.392. The monoisotopic (exact) mass is 251 g/mol. The number of H-pyrrole nitrogens is 1. The Morgan fingerprint density at radius 1 is 1.44 bits per heavy atom. The summed E-state index contributed by atoms with van der Waals surface area (Å²) in [6.07, 6.45) is 3.12. The molecule has 5 heteroatoms. The first-order chi connectivity index (χ1) is 8.70. The molecule has 2 N–H and O–H groups in total. The van der Waals surface area contributed by atoms with Crippen LogP contribution in [0.3, 0.4) is 0 Å². The maximum absolute atomic E-state index is 4.54. The molecule has 1 aliphatic rings. The van der Waals surface area contributed by atoms with E-state index in [2.05, 4.69) is 46.1 Å². The molecule has 1 aliphatic heterocycles. The van der Waals surface area contributed by atoms with Crippen molar-refractivity contribution < 1.29 is 0 Å². The third-order valence-electron chi connectivity index (χ3n) is 3.56.